The summed E-state index contributed by atoms with van der Waals surface area (Å²) in [6.45, 7) is 5.55. The molecular formula is C15H27N3O3. The van der Waals surface area contributed by atoms with Crippen molar-refractivity contribution in [3.63, 3.8) is 0 Å². The van der Waals surface area contributed by atoms with Crippen molar-refractivity contribution < 1.29 is 14.7 Å². The molecule has 0 aromatic rings. The Bertz CT molecular complexity index is 396. The van der Waals surface area contributed by atoms with E-state index in [-0.39, 0.29) is 12.1 Å². The predicted molar refractivity (Wildman–Crippen MR) is 80.2 cm³/mol. The van der Waals surface area contributed by atoms with Crippen LogP contribution < -0.4 is 5.32 Å². The van der Waals surface area contributed by atoms with Gasteiger partial charge in [0.15, 0.2) is 0 Å². The minimum Gasteiger partial charge on any atom is -0.481 e. The molecule has 0 aromatic carbocycles. The summed E-state index contributed by atoms with van der Waals surface area (Å²) >= 11 is 0. The molecule has 0 bridgehead atoms. The number of likely N-dealkylation sites (N-methyl/N-ethyl adjacent to an activating group) is 1. The first-order valence-electron chi connectivity index (χ1n) is 7.91. The van der Waals surface area contributed by atoms with Crippen LogP contribution in [0.4, 0.5) is 4.79 Å². The smallest absolute Gasteiger partial charge is 0.317 e. The fraction of sp³-hybridized carbons (Fsp3) is 0.867. The number of carbonyl (C=O) groups is 2. The lowest BCUT2D eigenvalue weighted by Crippen LogP contribution is -2.51. The summed E-state index contributed by atoms with van der Waals surface area (Å²) in [6.07, 6.45) is 4.72. The molecule has 2 amide bonds. The molecule has 2 aliphatic rings. The first-order chi connectivity index (χ1) is 9.93. The van der Waals surface area contributed by atoms with Crippen molar-refractivity contribution in [2.75, 3.05) is 33.2 Å². The molecule has 2 rings (SSSR count). The van der Waals surface area contributed by atoms with Gasteiger partial charge in [-0.2, -0.15) is 0 Å². The zero-order valence-corrected chi connectivity index (χ0v) is 13.1. The molecule has 1 aliphatic carbocycles. The number of hydrogen-bond acceptors (Lipinski definition) is 3. The van der Waals surface area contributed by atoms with Crippen molar-refractivity contribution in [1.82, 2.24) is 15.1 Å². The Labute approximate surface area is 126 Å². The third-order valence-electron chi connectivity index (χ3n) is 5.04. The van der Waals surface area contributed by atoms with Crippen molar-refractivity contribution >= 4 is 12.0 Å². The van der Waals surface area contributed by atoms with Gasteiger partial charge in [0.25, 0.3) is 0 Å². The molecule has 6 nitrogen and oxygen atoms in total. The molecule has 0 aromatic heterocycles. The Morgan fingerprint density at radius 2 is 2.00 bits per heavy atom. The van der Waals surface area contributed by atoms with Crippen LogP contribution >= 0.6 is 0 Å². The Morgan fingerprint density at radius 1 is 1.33 bits per heavy atom. The second-order valence-corrected chi connectivity index (χ2v) is 6.59. The molecule has 1 heterocycles. The van der Waals surface area contributed by atoms with E-state index in [1.165, 1.54) is 12.8 Å². The zero-order valence-electron chi connectivity index (χ0n) is 13.1. The monoisotopic (exact) mass is 297 g/mol. The van der Waals surface area contributed by atoms with E-state index < -0.39 is 11.4 Å². The lowest BCUT2D eigenvalue weighted by molar-refractivity contribution is -0.148. The second kappa shape index (κ2) is 6.64. The number of carboxylic acid groups (broad SMARTS) is 1. The number of carbonyl (C=O) groups excluding carboxylic acids is 1. The van der Waals surface area contributed by atoms with Gasteiger partial charge in [-0.1, -0.05) is 6.42 Å². The van der Waals surface area contributed by atoms with Gasteiger partial charge in [-0.05, 0) is 45.7 Å². The van der Waals surface area contributed by atoms with E-state index in [0.29, 0.717) is 13.0 Å². The number of likely N-dealkylation sites (tertiary alicyclic amines) is 1. The maximum atomic E-state index is 12.2. The molecule has 1 aliphatic heterocycles. The van der Waals surface area contributed by atoms with Gasteiger partial charge >= 0.3 is 12.0 Å². The number of aliphatic carboxylic acids is 1. The van der Waals surface area contributed by atoms with Crippen LogP contribution in [0.25, 0.3) is 0 Å². The molecule has 6 heteroatoms. The van der Waals surface area contributed by atoms with E-state index in [4.69, 9.17) is 0 Å². The van der Waals surface area contributed by atoms with E-state index in [0.717, 1.165) is 32.5 Å². The fourth-order valence-electron chi connectivity index (χ4n) is 3.31. The first kappa shape index (κ1) is 16.1. The van der Waals surface area contributed by atoms with Crippen molar-refractivity contribution in [3.05, 3.63) is 0 Å². The maximum absolute atomic E-state index is 12.2. The van der Waals surface area contributed by atoms with Crippen LogP contribution in [-0.2, 0) is 4.79 Å². The van der Waals surface area contributed by atoms with Gasteiger partial charge in [0.05, 0.1) is 5.41 Å². The summed E-state index contributed by atoms with van der Waals surface area (Å²) in [4.78, 5) is 27.7. The standard InChI is InChI=1S/C15H27N3O3/c1-15(13(19)20)7-5-6-12(15)16-14(21)17(2)10-11-18-8-3-4-9-18/h12H,3-11H2,1-2H3,(H,16,21)(H,19,20). The van der Waals surface area contributed by atoms with E-state index in [2.05, 4.69) is 10.2 Å². The summed E-state index contributed by atoms with van der Waals surface area (Å²) in [5.74, 6) is -0.815. The lowest BCUT2D eigenvalue weighted by atomic mass is 9.85. The minimum absolute atomic E-state index is 0.159. The van der Waals surface area contributed by atoms with Crippen LogP contribution in [0, 0.1) is 5.41 Å². The van der Waals surface area contributed by atoms with Crippen LogP contribution in [0.2, 0.25) is 0 Å². The van der Waals surface area contributed by atoms with Crippen LogP contribution in [0.15, 0.2) is 0 Å². The van der Waals surface area contributed by atoms with Crippen molar-refractivity contribution in [1.29, 1.82) is 0 Å². The van der Waals surface area contributed by atoms with Crippen LogP contribution in [0.1, 0.15) is 39.0 Å². The van der Waals surface area contributed by atoms with Crippen LogP contribution in [0.3, 0.4) is 0 Å². The minimum atomic E-state index is -0.828. The zero-order chi connectivity index (χ0) is 15.5. The number of nitrogens with one attached hydrogen (secondary N) is 1. The van der Waals surface area contributed by atoms with Crippen molar-refractivity contribution in [2.45, 2.75) is 45.1 Å². The Balaban J connectivity index is 1.81. The summed E-state index contributed by atoms with van der Waals surface area (Å²) < 4.78 is 0. The van der Waals surface area contributed by atoms with Crippen molar-refractivity contribution in [2.24, 2.45) is 5.41 Å². The Kier molecular flexibility index (Phi) is 5.08. The van der Waals surface area contributed by atoms with Gasteiger partial charge < -0.3 is 20.2 Å². The predicted octanol–water partition coefficient (Wildman–Crippen LogP) is 1.37. The van der Waals surface area contributed by atoms with E-state index in [9.17, 15) is 14.7 Å². The van der Waals surface area contributed by atoms with Crippen LogP contribution in [0.5, 0.6) is 0 Å². The second-order valence-electron chi connectivity index (χ2n) is 6.59. The highest BCUT2D eigenvalue weighted by Crippen LogP contribution is 2.38. The Morgan fingerprint density at radius 3 is 2.62 bits per heavy atom. The molecule has 1 saturated heterocycles. The molecule has 0 spiro atoms. The molecular weight excluding hydrogens is 270 g/mol. The van der Waals surface area contributed by atoms with E-state index >= 15 is 0 Å². The quantitative estimate of drug-likeness (QED) is 0.804. The van der Waals surface area contributed by atoms with Gasteiger partial charge in [0, 0.05) is 26.2 Å². The number of rotatable bonds is 5. The summed E-state index contributed by atoms with van der Waals surface area (Å²) in [5.41, 5.74) is -0.828. The number of nitrogens with zero attached hydrogens (tertiary/aromatic N) is 2. The molecule has 0 radical (unpaired) electrons. The van der Waals surface area contributed by atoms with Gasteiger partial charge in [-0.25, -0.2) is 4.79 Å². The number of amides is 2. The lowest BCUT2D eigenvalue weighted by Gasteiger charge is -2.30. The molecule has 2 atom stereocenters. The molecule has 120 valence electrons. The normalized spacial score (nSPS) is 29.5. The average molecular weight is 297 g/mol. The van der Waals surface area contributed by atoms with E-state index in [1.807, 2.05) is 0 Å². The third-order valence-corrected chi connectivity index (χ3v) is 5.04. The number of carboxylic acids is 1. The highest BCUT2D eigenvalue weighted by molar-refractivity contribution is 5.79. The molecule has 2 fully saturated rings. The SMILES string of the molecule is CN(CCN1CCCC1)C(=O)NC1CCCC1(C)C(=O)O. The number of urea groups is 1. The van der Waals surface area contributed by atoms with E-state index in [1.54, 1.807) is 18.9 Å². The topological polar surface area (TPSA) is 72.9 Å². The summed E-state index contributed by atoms with van der Waals surface area (Å²) in [5, 5.41) is 12.3. The molecule has 2 N–H and O–H groups in total. The number of hydrogen-bond donors (Lipinski definition) is 2. The Hall–Kier alpha value is -1.30. The van der Waals surface area contributed by atoms with Crippen molar-refractivity contribution in [3.8, 4) is 0 Å². The van der Waals surface area contributed by atoms with Gasteiger partial charge in [-0.15, -0.1) is 0 Å². The highest BCUT2D eigenvalue weighted by atomic mass is 16.4. The molecule has 2 unspecified atom stereocenters. The van der Waals surface area contributed by atoms with Gasteiger partial charge in [0.1, 0.15) is 0 Å². The fourth-order valence-corrected chi connectivity index (χ4v) is 3.31. The summed E-state index contributed by atoms with van der Waals surface area (Å²) in [7, 11) is 1.78. The largest absolute Gasteiger partial charge is 0.481 e. The molecule has 1 saturated carbocycles. The highest BCUT2D eigenvalue weighted by Gasteiger charge is 2.46. The third kappa shape index (κ3) is 3.67. The van der Waals surface area contributed by atoms with Crippen LogP contribution in [-0.4, -0.2) is 66.2 Å². The first-order valence-corrected chi connectivity index (χ1v) is 7.91. The summed E-state index contributed by atoms with van der Waals surface area (Å²) in [6, 6.07) is -0.426. The molecule has 21 heavy (non-hydrogen) atoms. The van der Waals surface area contributed by atoms with Gasteiger partial charge in [-0.3, -0.25) is 4.79 Å². The average Bonchev–Trinajstić information content (AvgIpc) is 3.07. The maximum Gasteiger partial charge on any atom is 0.317 e. The van der Waals surface area contributed by atoms with Gasteiger partial charge in [0.2, 0.25) is 0 Å².